The van der Waals surface area contributed by atoms with Gasteiger partial charge >= 0.3 is 0 Å². The van der Waals surface area contributed by atoms with Crippen LogP contribution in [-0.4, -0.2) is 22.8 Å². The Labute approximate surface area is 191 Å². The van der Waals surface area contributed by atoms with Crippen molar-refractivity contribution in [2.75, 3.05) is 12.4 Å². The third kappa shape index (κ3) is 9.14. The number of benzene rings is 2. The van der Waals surface area contributed by atoms with Crippen molar-refractivity contribution in [3.8, 4) is 11.5 Å². The number of ether oxygens (including phenoxy) is 2. The molecule has 0 radical (unpaired) electrons. The Morgan fingerprint density at radius 2 is 1.53 bits per heavy atom. The molecule has 7 heteroatoms. The summed E-state index contributed by atoms with van der Waals surface area (Å²) >= 11 is 0. The van der Waals surface area contributed by atoms with E-state index in [1.165, 1.54) is 19.4 Å². The van der Waals surface area contributed by atoms with Gasteiger partial charge in [0.25, 0.3) is 11.5 Å². The van der Waals surface area contributed by atoms with Crippen LogP contribution >= 0.6 is 0 Å². The molecule has 1 heterocycles. The minimum atomic E-state index is -0.401. The Morgan fingerprint density at radius 1 is 0.938 bits per heavy atom. The Morgan fingerprint density at radius 3 is 2.12 bits per heavy atom. The van der Waals surface area contributed by atoms with Crippen molar-refractivity contribution in [3.05, 3.63) is 82.8 Å². The van der Waals surface area contributed by atoms with Gasteiger partial charge in [-0.25, -0.2) is 4.68 Å². The van der Waals surface area contributed by atoms with Gasteiger partial charge < -0.3 is 14.8 Å². The van der Waals surface area contributed by atoms with Gasteiger partial charge in [0.15, 0.2) is 0 Å². The van der Waals surface area contributed by atoms with E-state index < -0.39 is 5.91 Å². The smallest absolute Gasteiger partial charge is 0.271 e. The van der Waals surface area contributed by atoms with Crippen molar-refractivity contribution >= 4 is 11.6 Å². The number of nitrogens with one attached hydrogen (secondary N) is 1. The third-order valence-corrected chi connectivity index (χ3v) is 3.48. The van der Waals surface area contributed by atoms with Crippen molar-refractivity contribution in [2.45, 2.75) is 48.3 Å². The molecule has 3 aromatic rings. The van der Waals surface area contributed by atoms with Crippen LogP contribution < -0.4 is 15.6 Å². The molecule has 0 aliphatic rings. The summed E-state index contributed by atoms with van der Waals surface area (Å²) in [5.41, 5.74) is 0.262. The minimum absolute atomic E-state index is 0.0425. The molecule has 0 aliphatic heterocycles. The molecule has 0 fully saturated rings. The van der Waals surface area contributed by atoms with Gasteiger partial charge in [-0.15, -0.1) is 0 Å². The molecule has 174 valence electrons. The van der Waals surface area contributed by atoms with E-state index >= 15 is 0 Å². The highest BCUT2D eigenvalue weighted by molar-refractivity contribution is 6.06. The molecule has 1 N–H and O–H groups in total. The second kappa shape index (κ2) is 17.3. The minimum Gasteiger partial charge on any atom is -0.457 e. The van der Waals surface area contributed by atoms with Crippen LogP contribution in [0.15, 0.2) is 71.7 Å². The first-order valence-electron chi connectivity index (χ1n) is 10.9. The topological polar surface area (TPSA) is 82.4 Å². The second-order valence-electron chi connectivity index (χ2n) is 5.37. The molecule has 0 atom stereocenters. The lowest BCUT2D eigenvalue weighted by Crippen LogP contribution is -2.24. The van der Waals surface area contributed by atoms with Crippen LogP contribution in [0.4, 0.5) is 5.69 Å². The van der Waals surface area contributed by atoms with Gasteiger partial charge in [0, 0.05) is 13.2 Å². The van der Waals surface area contributed by atoms with Crippen LogP contribution in [0, 0.1) is 0 Å². The van der Waals surface area contributed by atoms with E-state index in [0.29, 0.717) is 22.7 Å². The molecule has 7 nitrogen and oxygen atoms in total. The van der Waals surface area contributed by atoms with Gasteiger partial charge in [-0.2, -0.15) is 5.10 Å². The molecule has 1 amide bonds. The van der Waals surface area contributed by atoms with Gasteiger partial charge in [-0.05, 0) is 24.3 Å². The Bertz CT molecular complexity index is 957. The summed E-state index contributed by atoms with van der Waals surface area (Å²) in [6, 6.07) is 17.3. The van der Waals surface area contributed by atoms with Crippen molar-refractivity contribution in [1.29, 1.82) is 0 Å². The van der Waals surface area contributed by atoms with Crippen molar-refractivity contribution in [3.63, 3.8) is 0 Å². The lowest BCUT2D eigenvalue weighted by Gasteiger charge is -2.11. The van der Waals surface area contributed by atoms with Crippen molar-refractivity contribution in [1.82, 2.24) is 9.78 Å². The van der Waals surface area contributed by atoms with E-state index in [2.05, 4.69) is 10.4 Å². The van der Waals surface area contributed by atoms with Crippen LogP contribution in [-0.2, 0) is 11.5 Å². The summed E-state index contributed by atoms with van der Waals surface area (Å²) < 4.78 is 11.8. The first kappa shape index (κ1) is 28.5. The molecule has 0 saturated heterocycles. The first-order chi connectivity index (χ1) is 15.7. The van der Waals surface area contributed by atoms with Gasteiger partial charge in [0.05, 0.1) is 17.4 Å². The van der Waals surface area contributed by atoms with Crippen LogP contribution in [0.5, 0.6) is 11.5 Å². The van der Waals surface area contributed by atoms with E-state index in [1.807, 2.05) is 59.7 Å². The number of hydrogen-bond donors (Lipinski definition) is 1. The molecule has 0 unspecified atom stereocenters. The highest BCUT2D eigenvalue weighted by atomic mass is 16.5. The summed E-state index contributed by atoms with van der Waals surface area (Å²) in [7, 11) is 1.47. The third-order valence-electron chi connectivity index (χ3n) is 3.48. The Hall–Kier alpha value is -3.45. The molecule has 3 rings (SSSR count). The van der Waals surface area contributed by atoms with Crippen LogP contribution in [0.1, 0.15) is 51.9 Å². The average molecular weight is 442 g/mol. The fourth-order valence-electron chi connectivity index (χ4n) is 2.28. The second-order valence-corrected chi connectivity index (χ2v) is 5.37. The SMILES string of the molecule is CC.CC.CC.COCn1ncc(NC(=O)c2ccccc2Oc2ccccc2)cc1=O. The van der Waals surface area contributed by atoms with Gasteiger partial charge in [-0.3, -0.25) is 9.59 Å². The van der Waals surface area contributed by atoms with Gasteiger partial charge in [0.1, 0.15) is 18.2 Å². The summed E-state index contributed by atoms with van der Waals surface area (Å²) in [6.07, 6.45) is 1.39. The van der Waals surface area contributed by atoms with Crippen LogP contribution in [0.2, 0.25) is 0 Å². The highest BCUT2D eigenvalue weighted by Gasteiger charge is 2.14. The van der Waals surface area contributed by atoms with Gasteiger partial charge in [-0.1, -0.05) is 71.9 Å². The quantitative estimate of drug-likeness (QED) is 0.509. The van der Waals surface area contributed by atoms with Crippen LogP contribution in [0.3, 0.4) is 0 Å². The lowest BCUT2D eigenvalue weighted by molar-refractivity contribution is 0.102. The molecule has 0 bridgehead atoms. The first-order valence-corrected chi connectivity index (χ1v) is 10.9. The Balaban J connectivity index is 0.00000148. The largest absolute Gasteiger partial charge is 0.457 e. The van der Waals surface area contributed by atoms with E-state index in [0.717, 1.165) is 4.68 Å². The van der Waals surface area contributed by atoms with Gasteiger partial charge in [0.2, 0.25) is 0 Å². The molecule has 1 aromatic heterocycles. The standard InChI is InChI=1S/C19H17N3O4.3C2H6/c1-25-13-22-18(23)11-14(12-20-22)21-19(24)16-9-5-6-10-17(16)26-15-7-3-2-4-8-15;3*1-2/h2-12H,13H2,1H3,(H,21,24);3*1-2H3. The molecule has 32 heavy (non-hydrogen) atoms. The van der Waals surface area contributed by atoms with E-state index in [9.17, 15) is 9.59 Å². The maximum atomic E-state index is 12.6. The number of nitrogens with zero attached hydrogens (tertiary/aromatic N) is 2. The fraction of sp³-hybridized carbons (Fsp3) is 0.320. The number of carbonyl (C=O) groups is 1. The molecule has 0 saturated carbocycles. The highest BCUT2D eigenvalue weighted by Crippen LogP contribution is 2.25. The monoisotopic (exact) mass is 441 g/mol. The summed E-state index contributed by atoms with van der Waals surface area (Å²) in [5, 5.41) is 6.60. The molecule has 2 aromatic carbocycles. The zero-order valence-corrected chi connectivity index (χ0v) is 20.1. The number of methoxy groups -OCH3 is 1. The number of hydrogen-bond acceptors (Lipinski definition) is 5. The maximum absolute atomic E-state index is 12.6. The van der Waals surface area contributed by atoms with Crippen molar-refractivity contribution in [2.24, 2.45) is 0 Å². The molecule has 0 spiro atoms. The zero-order chi connectivity index (χ0) is 24.4. The number of para-hydroxylation sites is 2. The lowest BCUT2D eigenvalue weighted by atomic mass is 10.2. The predicted octanol–water partition coefficient (Wildman–Crippen LogP) is 5.97. The van der Waals surface area contributed by atoms with E-state index in [-0.39, 0.29) is 12.3 Å². The maximum Gasteiger partial charge on any atom is 0.271 e. The summed E-state index contributed by atoms with van der Waals surface area (Å²) in [6.45, 7) is 12.0. The summed E-state index contributed by atoms with van der Waals surface area (Å²) in [5.74, 6) is 0.635. The van der Waals surface area contributed by atoms with Crippen molar-refractivity contribution < 1.29 is 14.3 Å². The molecular formula is C25H35N3O4. The molecule has 0 aliphatic carbocycles. The Kier molecular flexibility index (Phi) is 15.4. The van der Waals surface area contributed by atoms with Crippen LogP contribution in [0.25, 0.3) is 0 Å². The number of rotatable bonds is 6. The zero-order valence-electron chi connectivity index (χ0n) is 20.1. The average Bonchev–Trinajstić information content (AvgIpc) is 2.86. The molecular weight excluding hydrogens is 406 g/mol. The van der Waals surface area contributed by atoms with E-state index in [4.69, 9.17) is 9.47 Å². The number of anilines is 1. The predicted molar refractivity (Wildman–Crippen MR) is 130 cm³/mol. The normalized spacial score (nSPS) is 8.97. The van der Waals surface area contributed by atoms with E-state index in [1.54, 1.807) is 36.4 Å². The fourth-order valence-corrected chi connectivity index (χ4v) is 2.28. The number of aromatic nitrogens is 2. The number of amides is 1. The summed E-state index contributed by atoms with van der Waals surface area (Å²) in [4.78, 5) is 24.5. The number of carbonyl (C=O) groups excluding carboxylic acids is 1.